The fraction of sp³-hybridized carbons (Fsp3) is 0.609. The molecule has 3 aliphatic heterocycles. The Morgan fingerprint density at radius 2 is 1.93 bits per heavy atom. The zero-order valence-corrected chi connectivity index (χ0v) is 17.9. The highest BCUT2D eigenvalue weighted by molar-refractivity contribution is 6.00. The van der Waals surface area contributed by atoms with Gasteiger partial charge >= 0.3 is 0 Å². The Labute approximate surface area is 177 Å². The van der Waals surface area contributed by atoms with E-state index in [2.05, 4.69) is 4.90 Å². The van der Waals surface area contributed by atoms with Crippen molar-refractivity contribution in [1.82, 2.24) is 14.7 Å². The lowest BCUT2D eigenvalue weighted by atomic mass is 9.82. The molecule has 2 saturated heterocycles. The molecule has 1 aromatic carbocycles. The van der Waals surface area contributed by atoms with Gasteiger partial charge in [-0.3, -0.25) is 14.4 Å². The van der Waals surface area contributed by atoms with Crippen molar-refractivity contribution in [3.05, 3.63) is 29.8 Å². The van der Waals surface area contributed by atoms with Crippen LogP contribution in [0.2, 0.25) is 0 Å². The Morgan fingerprint density at radius 3 is 2.67 bits per heavy atom. The van der Waals surface area contributed by atoms with Crippen LogP contribution in [-0.4, -0.2) is 84.7 Å². The van der Waals surface area contributed by atoms with Crippen LogP contribution in [0.4, 0.5) is 0 Å². The van der Waals surface area contributed by atoms with Gasteiger partial charge in [0.25, 0.3) is 0 Å². The first-order chi connectivity index (χ1) is 14.4. The number of Topliss-reactive ketones (excluding diaryl/α,β-unsaturated/α-hetero) is 1. The van der Waals surface area contributed by atoms with Crippen molar-refractivity contribution in [3.8, 4) is 5.75 Å². The first-order valence-electron chi connectivity index (χ1n) is 10.9. The monoisotopic (exact) mass is 413 g/mol. The zero-order valence-electron chi connectivity index (χ0n) is 17.9. The molecule has 7 nitrogen and oxygen atoms in total. The van der Waals surface area contributed by atoms with Crippen LogP contribution in [0.3, 0.4) is 0 Å². The molecular weight excluding hydrogens is 382 g/mol. The van der Waals surface area contributed by atoms with E-state index in [4.69, 9.17) is 4.74 Å². The lowest BCUT2D eigenvalue weighted by molar-refractivity contribution is -0.139. The van der Waals surface area contributed by atoms with Gasteiger partial charge in [0.05, 0.1) is 17.9 Å². The summed E-state index contributed by atoms with van der Waals surface area (Å²) in [6.45, 7) is 3.30. The second-order valence-electron chi connectivity index (χ2n) is 9.10. The van der Waals surface area contributed by atoms with E-state index >= 15 is 0 Å². The average molecular weight is 414 g/mol. The lowest BCUT2D eigenvalue weighted by Crippen LogP contribution is -2.53. The molecule has 1 atom stereocenters. The topological polar surface area (TPSA) is 70.2 Å². The number of nitrogens with zero attached hydrogens (tertiary/aromatic N) is 3. The van der Waals surface area contributed by atoms with E-state index in [0.29, 0.717) is 63.2 Å². The van der Waals surface area contributed by atoms with E-state index in [1.165, 1.54) is 0 Å². The number of rotatable bonds is 5. The summed E-state index contributed by atoms with van der Waals surface area (Å²) in [6.07, 6.45) is 2.88. The summed E-state index contributed by atoms with van der Waals surface area (Å²) in [5, 5.41) is 0. The Bertz CT molecular complexity index is 829. The van der Waals surface area contributed by atoms with Crippen molar-refractivity contribution in [1.29, 1.82) is 0 Å². The van der Waals surface area contributed by atoms with Gasteiger partial charge in [0.15, 0.2) is 5.78 Å². The molecule has 2 fully saturated rings. The Kier molecular flexibility index (Phi) is 5.82. The van der Waals surface area contributed by atoms with E-state index in [9.17, 15) is 14.4 Å². The minimum Gasteiger partial charge on any atom is -0.486 e. The van der Waals surface area contributed by atoms with Crippen LogP contribution in [0.25, 0.3) is 0 Å². The molecule has 1 aromatic rings. The summed E-state index contributed by atoms with van der Waals surface area (Å²) in [7, 11) is 4.03. The summed E-state index contributed by atoms with van der Waals surface area (Å²) >= 11 is 0. The van der Waals surface area contributed by atoms with Crippen molar-refractivity contribution in [2.45, 2.75) is 37.7 Å². The van der Waals surface area contributed by atoms with Crippen molar-refractivity contribution in [2.24, 2.45) is 5.92 Å². The first kappa shape index (κ1) is 20.8. The maximum Gasteiger partial charge on any atom is 0.227 e. The number of ether oxygens (including phenoxy) is 1. The predicted molar refractivity (Wildman–Crippen MR) is 112 cm³/mol. The van der Waals surface area contributed by atoms with E-state index in [1.54, 1.807) is 0 Å². The molecule has 162 valence electrons. The number of carbonyl (C=O) groups excluding carboxylic acids is 3. The third-order valence-corrected chi connectivity index (χ3v) is 6.58. The van der Waals surface area contributed by atoms with E-state index < -0.39 is 5.60 Å². The molecule has 2 amide bonds. The van der Waals surface area contributed by atoms with E-state index in [0.717, 1.165) is 13.0 Å². The molecule has 7 heteroatoms. The summed E-state index contributed by atoms with van der Waals surface area (Å²) in [5.41, 5.74) is 0.145. The zero-order chi connectivity index (χ0) is 21.3. The van der Waals surface area contributed by atoms with Crippen molar-refractivity contribution < 1.29 is 19.1 Å². The van der Waals surface area contributed by atoms with Gasteiger partial charge in [0.2, 0.25) is 11.8 Å². The lowest BCUT2D eigenvalue weighted by Gasteiger charge is -2.44. The van der Waals surface area contributed by atoms with Gasteiger partial charge in [-0.05, 0) is 39.2 Å². The number of ketones is 1. The molecular formula is C23H31N3O4. The first-order valence-corrected chi connectivity index (χ1v) is 10.9. The third kappa shape index (κ3) is 4.21. The smallest absolute Gasteiger partial charge is 0.227 e. The number of para-hydroxylation sites is 1. The van der Waals surface area contributed by atoms with Crippen molar-refractivity contribution in [3.63, 3.8) is 0 Å². The quantitative estimate of drug-likeness (QED) is 0.736. The highest BCUT2D eigenvalue weighted by Gasteiger charge is 2.45. The Balaban J connectivity index is 1.32. The number of likely N-dealkylation sites (tertiary alicyclic amines) is 2. The second kappa shape index (κ2) is 8.38. The number of hydrogen-bond acceptors (Lipinski definition) is 5. The number of amides is 2. The molecule has 0 saturated carbocycles. The summed E-state index contributed by atoms with van der Waals surface area (Å²) < 4.78 is 6.26. The SMILES string of the molecule is CN(C)CCCN1CC(C(=O)N2CCC3(CC2)CC(=O)c2ccccc2O3)CC1=O. The van der Waals surface area contributed by atoms with Crippen molar-refractivity contribution >= 4 is 17.6 Å². The van der Waals surface area contributed by atoms with Gasteiger partial charge in [-0.25, -0.2) is 0 Å². The minimum absolute atomic E-state index is 0.0656. The fourth-order valence-electron chi connectivity index (χ4n) is 4.85. The normalized spacial score (nSPS) is 23.1. The summed E-state index contributed by atoms with van der Waals surface area (Å²) in [5.74, 6) is 0.671. The number of piperidine rings is 1. The number of benzene rings is 1. The maximum absolute atomic E-state index is 13.0. The predicted octanol–water partition coefficient (Wildman–Crippen LogP) is 1.81. The highest BCUT2D eigenvalue weighted by Crippen LogP contribution is 2.39. The largest absolute Gasteiger partial charge is 0.486 e. The van der Waals surface area contributed by atoms with Crippen LogP contribution < -0.4 is 4.74 Å². The number of carbonyl (C=O) groups is 3. The summed E-state index contributed by atoms with van der Waals surface area (Å²) in [6, 6.07) is 7.39. The van der Waals surface area contributed by atoms with E-state index in [-0.39, 0.29) is 23.5 Å². The third-order valence-electron chi connectivity index (χ3n) is 6.58. The molecule has 0 N–H and O–H groups in total. The molecule has 3 aliphatic rings. The number of hydrogen-bond donors (Lipinski definition) is 0. The highest BCUT2D eigenvalue weighted by atomic mass is 16.5. The van der Waals surface area contributed by atoms with Crippen LogP contribution >= 0.6 is 0 Å². The van der Waals surface area contributed by atoms with Gasteiger partial charge in [-0.15, -0.1) is 0 Å². The molecule has 0 aliphatic carbocycles. The molecule has 3 heterocycles. The average Bonchev–Trinajstić information content (AvgIpc) is 3.08. The standard InChI is InChI=1S/C23H31N3O4/c1-24(2)10-5-11-26-16-17(14-21(26)28)22(29)25-12-8-23(9-13-25)15-19(27)18-6-3-4-7-20(18)30-23/h3-4,6-7,17H,5,8-16H2,1-2H3. The van der Waals surface area contributed by atoms with Gasteiger partial charge in [-0.1, -0.05) is 12.1 Å². The molecule has 0 radical (unpaired) electrons. The molecule has 0 aromatic heterocycles. The van der Waals surface area contributed by atoms with Crippen LogP contribution in [0.5, 0.6) is 5.75 Å². The molecule has 1 spiro atoms. The maximum atomic E-state index is 13.0. The molecule has 1 unspecified atom stereocenters. The van der Waals surface area contributed by atoms with Crippen molar-refractivity contribution in [2.75, 3.05) is 46.8 Å². The van der Waals surface area contributed by atoms with Gasteiger partial charge < -0.3 is 19.4 Å². The summed E-state index contributed by atoms with van der Waals surface area (Å²) in [4.78, 5) is 43.7. The molecule has 4 rings (SSSR count). The van der Waals surface area contributed by atoms with Crippen LogP contribution in [0, 0.1) is 5.92 Å². The fourth-order valence-corrected chi connectivity index (χ4v) is 4.85. The Morgan fingerprint density at radius 1 is 1.20 bits per heavy atom. The Hall–Kier alpha value is -2.41. The molecule has 0 bridgehead atoms. The van der Waals surface area contributed by atoms with Crippen LogP contribution in [0.15, 0.2) is 24.3 Å². The van der Waals surface area contributed by atoms with Gasteiger partial charge in [-0.2, -0.15) is 0 Å². The van der Waals surface area contributed by atoms with Gasteiger partial charge in [0, 0.05) is 45.4 Å². The molecule has 30 heavy (non-hydrogen) atoms. The van der Waals surface area contributed by atoms with Crippen LogP contribution in [-0.2, 0) is 9.59 Å². The minimum atomic E-state index is -0.508. The van der Waals surface area contributed by atoms with Gasteiger partial charge in [0.1, 0.15) is 11.4 Å². The van der Waals surface area contributed by atoms with E-state index in [1.807, 2.05) is 48.2 Å². The number of fused-ring (bicyclic) bond motifs is 1. The second-order valence-corrected chi connectivity index (χ2v) is 9.10. The van der Waals surface area contributed by atoms with Crippen LogP contribution in [0.1, 0.15) is 42.5 Å².